The van der Waals surface area contributed by atoms with Gasteiger partial charge in [0.05, 0.1) is 6.20 Å². The number of hydrogen-bond donors (Lipinski definition) is 1. The number of rotatable bonds is 3. The topological polar surface area (TPSA) is 43.8 Å². The first kappa shape index (κ1) is 12.1. The zero-order valence-corrected chi connectivity index (χ0v) is 10.8. The summed E-state index contributed by atoms with van der Waals surface area (Å²) in [4.78, 5) is 0. The van der Waals surface area contributed by atoms with E-state index in [1.165, 1.54) is 0 Å². The van der Waals surface area contributed by atoms with Gasteiger partial charge in [0.15, 0.2) is 0 Å². The molecule has 90 valence electrons. The van der Waals surface area contributed by atoms with Crippen LogP contribution in [-0.2, 0) is 19.0 Å². The van der Waals surface area contributed by atoms with Gasteiger partial charge in [-0.1, -0.05) is 29.8 Å². The molecular weight excluding hydrogens is 234 g/mol. The largest absolute Gasteiger partial charge is 0.321 e. The molecule has 4 heteroatoms. The molecule has 2 rings (SSSR count). The van der Waals surface area contributed by atoms with Crippen molar-refractivity contribution < 1.29 is 0 Å². The summed E-state index contributed by atoms with van der Waals surface area (Å²) in [7, 11) is 1.90. The molecule has 0 spiro atoms. The van der Waals surface area contributed by atoms with Crippen molar-refractivity contribution in [1.82, 2.24) is 9.78 Å². The second-order valence-corrected chi connectivity index (χ2v) is 5.00. The van der Waals surface area contributed by atoms with Crippen molar-refractivity contribution in [3.8, 4) is 0 Å². The molecule has 0 fully saturated rings. The maximum atomic E-state index is 6.36. The number of aromatic nitrogens is 2. The minimum atomic E-state index is -0.485. The summed E-state index contributed by atoms with van der Waals surface area (Å²) in [5.74, 6) is 0. The highest BCUT2D eigenvalue weighted by Crippen LogP contribution is 2.28. The van der Waals surface area contributed by atoms with Gasteiger partial charge in [-0.2, -0.15) is 5.10 Å². The Hall–Kier alpha value is -1.32. The summed E-state index contributed by atoms with van der Waals surface area (Å²) >= 11 is 6.18. The van der Waals surface area contributed by atoms with Crippen LogP contribution in [0, 0.1) is 0 Å². The minimum Gasteiger partial charge on any atom is -0.321 e. The molecule has 0 aliphatic heterocycles. The van der Waals surface area contributed by atoms with Crippen molar-refractivity contribution in [3.05, 3.63) is 52.8 Å². The summed E-state index contributed by atoms with van der Waals surface area (Å²) in [6, 6.07) is 7.70. The fourth-order valence-electron chi connectivity index (χ4n) is 2.01. The highest BCUT2D eigenvalue weighted by atomic mass is 35.5. The molecule has 0 amide bonds. The third kappa shape index (κ3) is 2.68. The molecule has 1 atom stereocenters. The van der Waals surface area contributed by atoms with E-state index in [2.05, 4.69) is 5.10 Å². The van der Waals surface area contributed by atoms with E-state index in [-0.39, 0.29) is 0 Å². The summed E-state index contributed by atoms with van der Waals surface area (Å²) in [5.41, 5.74) is 7.95. The quantitative estimate of drug-likeness (QED) is 0.908. The molecule has 2 N–H and O–H groups in total. The lowest BCUT2D eigenvalue weighted by atomic mass is 9.87. The Morgan fingerprint density at radius 2 is 2.12 bits per heavy atom. The van der Waals surface area contributed by atoms with Crippen LogP contribution in [0.1, 0.15) is 18.1 Å². The van der Waals surface area contributed by atoms with Crippen LogP contribution in [0.15, 0.2) is 36.7 Å². The number of nitrogens with zero attached hydrogens (tertiary/aromatic N) is 2. The Kier molecular flexibility index (Phi) is 3.22. The molecule has 0 radical (unpaired) electrons. The second kappa shape index (κ2) is 4.51. The molecule has 1 heterocycles. The predicted molar refractivity (Wildman–Crippen MR) is 69.9 cm³/mol. The minimum absolute atomic E-state index is 0.485. The van der Waals surface area contributed by atoms with Crippen LogP contribution < -0.4 is 5.73 Å². The Morgan fingerprint density at radius 3 is 2.71 bits per heavy atom. The van der Waals surface area contributed by atoms with Crippen molar-refractivity contribution in [1.29, 1.82) is 0 Å². The molecule has 0 aliphatic rings. The van der Waals surface area contributed by atoms with Gasteiger partial charge >= 0.3 is 0 Å². The highest BCUT2D eigenvalue weighted by molar-refractivity contribution is 6.31. The van der Waals surface area contributed by atoms with Crippen LogP contribution in [0.3, 0.4) is 0 Å². The van der Waals surface area contributed by atoms with Crippen LogP contribution in [0.25, 0.3) is 0 Å². The van der Waals surface area contributed by atoms with Crippen LogP contribution in [0.4, 0.5) is 0 Å². The van der Waals surface area contributed by atoms with Gasteiger partial charge in [-0.05, 0) is 30.5 Å². The number of hydrogen-bond acceptors (Lipinski definition) is 2. The van der Waals surface area contributed by atoms with Gasteiger partial charge < -0.3 is 5.73 Å². The lowest BCUT2D eigenvalue weighted by Gasteiger charge is -2.25. The maximum Gasteiger partial charge on any atom is 0.0522 e. The molecule has 1 aromatic carbocycles. The molecular formula is C13H16ClN3. The molecule has 0 bridgehead atoms. The third-order valence-corrected chi connectivity index (χ3v) is 3.15. The Balaban J connectivity index is 2.27. The van der Waals surface area contributed by atoms with Crippen molar-refractivity contribution in [2.24, 2.45) is 12.8 Å². The summed E-state index contributed by atoms with van der Waals surface area (Å²) in [5, 5.41) is 4.85. The molecule has 2 aromatic rings. The van der Waals surface area contributed by atoms with E-state index in [1.54, 1.807) is 4.68 Å². The fraction of sp³-hybridized carbons (Fsp3) is 0.308. The van der Waals surface area contributed by atoms with E-state index in [0.29, 0.717) is 11.4 Å². The number of benzene rings is 1. The molecule has 1 aromatic heterocycles. The summed E-state index contributed by atoms with van der Waals surface area (Å²) < 4.78 is 1.78. The van der Waals surface area contributed by atoms with Crippen LogP contribution in [0.5, 0.6) is 0 Å². The van der Waals surface area contributed by atoms with Crippen LogP contribution in [-0.4, -0.2) is 9.78 Å². The van der Waals surface area contributed by atoms with Gasteiger partial charge in [0.1, 0.15) is 0 Å². The lowest BCUT2D eigenvalue weighted by molar-refractivity contribution is 0.491. The molecule has 0 saturated carbocycles. The average molecular weight is 250 g/mol. The molecule has 0 saturated heterocycles. The van der Waals surface area contributed by atoms with E-state index in [4.69, 9.17) is 17.3 Å². The summed E-state index contributed by atoms with van der Waals surface area (Å²) in [6.45, 7) is 1.99. The van der Waals surface area contributed by atoms with Crippen molar-refractivity contribution in [3.63, 3.8) is 0 Å². The van der Waals surface area contributed by atoms with E-state index in [1.807, 2.05) is 50.6 Å². The first-order valence-electron chi connectivity index (χ1n) is 5.50. The van der Waals surface area contributed by atoms with Gasteiger partial charge in [0.2, 0.25) is 0 Å². The van der Waals surface area contributed by atoms with Gasteiger partial charge in [0, 0.05) is 23.8 Å². The van der Waals surface area contributed by atoms with Crippen molar-refractivity contribution >= 4 is 11.6 Å². The smallest absolute Gasteiger partial charge is 0.0522 e. The van der Waals surface area contributed by atoms with Crippen molar-refractivity contribution in [2.45, 2.75) is 18.9 Å². The maximum absolute atomic E-state index is 6.36. The standard InChI is InChI=1S/C13H16ClN3/c1-13(15,7-10-8-16-17(2)9-10)11-5-3-4-6-12(11)14/h3-6,8-9H,7,15H2,1-2H3. The molecule has 1 unspecified atom stereocenters. The molecule has 17 heavy (non-hydrogen) atoms. The number of nitrogens with two attached hydrogens (primary N) is 1. The monoisotopic (exact) mass is 249 g/mol. The van der Waals surface area contributed by atoms with Crippen molar-refractivity contribution in [2.75, 3.05) is 0 Å². The van der Waals surface area contributed by atoms with Gasteiger partial charge in [-0.25, -0.2) is 0 Å². The van der Waals surface area contributed by atoms with E-state index < -0.39 is 5.54 Å². The fourth-order valence-corrected chi connectivity index (χ4v) is 2.36. The summed E-state index contributed by atoms with van der Waals surface area (Å²) in [6.07, 6.45) is 4.52. The van der Waals surface area contributed by atoms with E-state index in [0.717, 1.165) is 11.1 Å². The SMILES string of the molecule is Cn1cc(CC(C)(N)c2ccccc2Cl)cn1. The third-order valence-electron chi connectivity index (χ3n) is 2.82. The zero-order chi connectivity index (χ0) is 12.5. The van der Waals surface area contributed by atoms with E-state index >= 15 is 0 Å². The Morgan fingerprint density at radius 1 is 1.41 bits per heavy atom. The first-order valence-corrected chi connectivity index (χ1v) is 5.88. The van der Waals surface area contributed by atoms with Gasteiger partial charge in [0.25, 0.3) is 0 Å². The average Bonchev–Trinajstić information content (AvgIpc) is 2.63. The molecule has 3 nitrogen and oxygen atoms in total. The first-order chi connectivity index (χ1) is 7.99. The second-order valence-electron chi connectivity index (χ2n) is 4.60. The number of halogens is 1. The molecule has 0 aliphatic carbocycles. The Labute approximate surface area is 106 Å². The van der Waals surface area contributed by atoms with Crippen LogP contribution >= 0.6 is 11.6 Å². The normalized spacial score (nSPS) is 14.6. The van der Waals surface area contributed by atoms with Crippen LogP contribution in [0.2, 0.25) is 5.02 Å². The number of aryl methyl sites for hydroxylation is 1. The highest BCUT2D eigenvalue weighted by Gasteiger charge is 2.24. The predicted octanol–water partition coefficient (Wildman–Crippen LogP) is 2.49. The van der Waals surface area contributed by atoms with E-state index in [9.17, 15) is 0 Å². The van der Waals surface area contributed by atoms with Gasteiger partial charge in [-0.15, -0.1) is 0 Å². The van der Waals surface area contributed by atoms with Gasteiger partial charge in [-0.3, -0.25) is 4.68 Å². The Bertz CT molecular complexity index is 517. The zero-order valence-electron chi connectivity index (χ0n) is 10.0. The lowest BCUT2D eigenvalue weighted by Crippen LogP contribution is -2.35.